The van der Waals surface area contributed by atoms with Crippen LogP contribution in [-0.2, 0) is 18.4 Å². The maximum Gasteiger partial charge on any atom is 0.287 e. The van der Waals surface area contributed by atoms with Gasteiger partial charge in [0.1, 0.15) is 17.3 Å². The Morgan fingerprint density at radius 1 is 1.00 bits per heavy atom. The number of benzene rings is 2. The maximum atomic E-state index is 12.6. The minimum Gasteiger partial charge on any atom is -0.496 e. The number of carbonyl (C=O) groups excluding carboxylic acids is 1. The predicted molar refractivity (Wildman–Crippen MR) is 127 cm³/mol. The zero-order chi connectivity index (χ0) is 23.1. The molecule has 3 aromatic rings. The molecule has 1 N–H and O–H groups in total. The van der Waals surface area contributed by atoms with E-state index in [0.29, 0.717) is 19.6 Å². The van der Waals surface area contributed by atoms with Crippen LogP contribution in [0.3, 0.4) is 0 Å². The van der Waals surface area contributed by atoms with E-state index in [2.05, 4.69) is 38.2 Å². The molecule has 5 nitrogen and oxygen atoms in total. The van der Waals surface area contributed by atoms with E-state index in [-0.39, 0.29) is 17.1 Å². The van der Waals surface area contributed by atoms with Crippen molar-refractivity contribution < 1.29 is 18.7 Å². The van der Waals surface area contributed by atoms with Gasteiger partial charge in [-0.1, -0.05) is 51.1 Å². The summed E-state index contributed by atoms with van der Waals surface area (Å²) in [6, 6.07) is 17.5. The molecule has 5 heteroatoms. The molecule has 32 heavy (non-hydrogen) atoms. The number of methoxy groups -OCH3 is 1. The van der Waals surface area contributed by atoms with Crippen molar-refractivity contribution in [3.8, 4) is 11.5 Å². The van der Waals surface area contributed by atoms with Gasteiger partial charge >= 0.3 is 0 Å². The third kappa shape index (κ3) is 5.52. The number of hydrogen-bond donors (Lipinski definition) is 1. The van der Waals surface area contributed by atoms with Crippen molar-refractivity contribution >= 4 is 5.91 Å². The molecule has 1 aromatic heterocycles. The average Bonchev–Trinajstić information content (AvgIpc) is 3.27. The van der Waals surface area contributed by atoms with E-state index in [4.69, 9.17) is 13.9 Å². The molecule has 0 aliphatic heterocycles. The van der Waals surface area contributed by atoms with Crippen LogP contribution >= 0.6 is 0 Å². The molecule has 0 spiro atoms. The van der Waals surface area contributed by atoms with E-state index in [1.165, 1.54) is 5.56 Å². The lowest BCUT2D eigenvalue weighted by Crippen LogP contribution is -2.22. The number of para-hydroxylation sites is 1. The molecule has 0 aliphatic rings. The Kier molecular flexibility index (Phi) is 7.62. The molecule has 0 unspecified atom stereocenters. The highest BCUT2D eigenvalue weighted by Crippen LogP contribution is 2.32. The lowest BCUT2D eigenvalue weighted by molar-refractivity contribution is 0.0921. The second kappa shape index (κ2) is 10.4. The molecule has 0 aliphatic carbocycles. The van der Waals surface area contributed by atoms with Crippen molar-refractivity contribution in [1.82, 2.24) is 5.32 Å². The second-order valence-corrected chi connectivity index (χ2v) is 8.43. The van der Waals surface area contributed by atoms with Crippen LogP contribution in [0.2, 0.25) is 0 Å². The first-order valence-corrected chi connectivity index (χ1v) is 11.1. The van der Waals surface area contributed by atoms with Crippen LogP contribution in [0.4, 0.5) is 0 Å². The molecule has 0 saturated carbocycles. The molecule has 2 aromatic carbocycles. The van der Waals surface area contributed by atoms with Crippen LogP contribution in [0.15, 0.2) is 59.0 Å². The highest BCUT2D eigenvalue weighted by Gasteiger charge is 2.20. The fourth-order valence-corrected chi connectivity index (χ4v) is 3.53. The van der Waals surface area contributed by atoms with Crippen molar-refractivity contribution in [2.75, 3.05) is 13.7 Å². The van der Waals surface area contributed by atoms with Gasteiger partial charge in [-0.15, -0.1) is 0 Å². The Bertz CT molecular complexity index is 1050. The van der Waals surface area contributed by atoms with Crippen molar-refractivity contribution in [3.63, 3.8) is 0 Å². The van der Waals surface area contributed by atoms with Crippen LogP contribution in [0.1, 0.15) is 67.1 Å². The SMILES string of the molecule is CCOc1ccccc1CNC(=O)c1ccc(Cc2cc(C(C)(C)CC)ccc2OC)o1. The standard InChI is InChI=1S/C27H33NO4/c1-6-27(3,4)21-12-14-23(30-5)20(16-21)17-22-13-15-25(32-22)26(29)28-18-19-10-8-9-11-24(19)31-7-2/h8-16H,6-7,17-18H2,1-5H3,(H,28,29). The normalized spacial score (nSPS) is 11.3. The zero-order valence-corrected chi connectivity index (χ0v) is 19.7. The molecular weight excluding hydrogens is 402 g/mol. The maximum absolute atomic E-state index is 12.6. The largest absolute Gasteiger partial charge is 0.496 e. The van der Waals surface area contributed by atoms with Gasteiger partial charge < -0.3 is 19.2 Å². The third-order valence-corrected chi connectivity index (χ3v) is 5.91. The minimum absolute atomic E-state index is 0.0764. The van der Waals surface area contributed by atoms with E-state index < -0.39 is 0 Å². The quantitative estimate of drug-likeness (QED) is 0.431. The molecule has 0 bridgehead atoms. The van der Waals surface area contributed by atoms with Gasteiger partial charge in [0.05, 0.1) is 13.7 Å². The molecule has 0 fully saturated rings. The third-order valence-electron chi connectivity index (χ3n) is 5.91. The van der Waals surface area contributed by atoms with Gasteiger partial charge in [0.2, 0.25) is 0 Å². The van der Waals surface area contributed by atoms with Crippen LogP contribution in [0, 0.1) is 0 Å². The monoisotopic (exact) mass is 435 g/mol. The number of amides is 1. The van der Waals surface area contributed by atoms with Crippen LogP contribution in [0.5, 0.6) is 11.5 Å². The van der Waals surface area contributed by atoms with Crippen LogP contribution < -0.4 is 14.8 Å². The Balaban J connectivity index is 1.71. The minimum atomic E-state index is -0.254. The molecule has 0 atom stereocenters. The summed E-state index contributed by atoms with van der Waals surface area (Å²) in [6.45, 7) is 9.54. The molecule has 3 rings (SSSR count). The van der Waals surface area contributed by atoms with E-state index >= 15 is 0 Å². The first kappa shape index (κ1) is 23.5. The summed E-state index contributed by atoms with van der Waals surface area (Å²) in [5.41, 5.74) is 3.30. The Morgan fingerprint density at radius 3 is 2.50 bits per heavy atom. The average molecular weight is 436 g/mol. The number of furan rings is 1. The van der Waals surface area contributed by atoms with Crippen LogP contribution in [-0.4, -0.2) is 19.6 Å². The van der Waals surface area contributed by atoms with Crippen LogP contribution in [0.25, 0.3) is 0 Å². The van der Waals surface area contributed by atoms with Gasteiger partial charge in [-0.3, -0.25) is 4.79 Å². The van der Waals surface area contributed by atoms with Crippen molar-refractivity contribution in [3.05, 3.63) is 82.8 Å². The van der Waals surface area contributed by atoms with E-state index in [1.807, 2.05) is 43.3 Å². The first-order chi connectivity index (χ1) is 15.4. The van der Waals surface area contributed by atoms with Gasteiger partial charge in [0.25, 0.3) is 5.91 Å². The fraction of sp³-hybridized carbons (Fsp3) is 0.370. The second-order valence-electron chi connectivity index (χ2n) is 8.43. The van der Waals surface area contributed by atoms with Gasteiger partial charge in [-0.2, -0.15) is 0 Å². The predicted octanol–water partition coefficient (Wildman–Crippen LogP) is 5.90. The molecular formula is C27H33NO4. The number of ether oxygens (including phenoxy) is 2. The highest BCUT2D eigenvalue weighted by atomic mass is 16.5. The summed E-state index contributed by atoms with van der Waals surface area (Å²) < 4.78 is 17.0. The smallest absolute Gasteiger partial charge is 0.287 e. The Hall–Kier alpha value is -3.21. The lowest BCUT2D eigenvalue weighted by atomic mass is 9.81. The molecule has 0 saturated heterocycles. The summed E-state index contributed by atoms with van der Waals surface area (Å²) in [5.74, 6) is 2.34. The number of hydrogen-bond acceptors (Lipinski definition) is 4. The topological polar surface area (TPSA) is 60.7 Å². The van der Waals surface area contributed by atoms with Gasteiger partial charge in [-0.05, 0) is 48.6 Å². The van der Waals surface area contributed by atoms with Gasteiger partial charge in [0, 0.05) is 24.1 Å². The van der Waals surface area contributed by atoms with E-state index in [0.717, 1.165) is 34.8 Å². The summed E-state index contributed by atoms with van der Waals surface area (Å²) in [4.78, 5) is 12.6. The number of rotatable bonds is 10. The zero-order valence-electron chi connectivity index (χ0n) is 19.7. The summed E-state index contributed by atoms with van der Waals surface area (Å²) in [5, 5.41) is 2.91. The van der Waals surface area contributed by atoms with Crippen molar-refractivity contribution in [2.45, 2.75) is 52.5 Å². The van der Waals surface area contributed by atoms with E-state index in [9.17, 15) is 4.79 Å². The lowest BCUT2D eigenvalue weighted by Gasteiger charge is -2.24. The van der Waals surface area contributed by atoms with Gasteiger partial charge in [-0.25, -0.2) is 0 Å². The fourth-order valence-electron chi connectivity index (χ4n) is 3.53. The summed E-state index contributed by atoms with van der Waals surface area (Å²) in [7, 11) is 1.67. The van der Waals surface area contributed by atoms with Crippen molar-refractivity contribution in [2.24, 2.45) is 0 Å². The van der Waals surface area contributed by atoms with E-state index in [1.54, 1.807) is 13.2 Å². The highest BCUT2D eigenvalue weighted by molar-refractivity contribution is 5.91. The Morgan fingerprint density at radius 2 is 1.78 bits per heavy atom. The Labute approximate surface area is 190 Å². The van der Waals surface area contributed by atoms with Gasteiger partial charge in [0.15, 0.2) is 5.76 Å². The molecule has 1 amide bonds. The van der Waals surface area contributed by atoms with Crippen molar-refractivity contribution in [1.29, 1.82) is 0 Å². The number of nitrogens with one attached hydrogen (secondary N) is 1. The molecule has 1 heterocycles. The summed E-state index contributed by atoms with van der Waals surface area (Å²) in [6.07, 6.45) is 1.59. The molecule has 0 radical (unpaired) electrons. The number of carbonyl (C=O) groups is 1. The molecule has 170 valence electrons. The summed E-state index contributed by atoms with van der Waals surface area (Å²) >= 11 is 0. The first-order valence-electron chi connectivity index (χ1n) is 11.1.